The lowest BCUT2D eigenvalue weighted by Crippen LogP contribution is -2.61. The van der Waals surface area contributed by atoms with Gasteiger partial charge in [-0.15, -0.1) is 0 Å². The third kappa shape index (κ3) is 5.23. The zero-order valence-corrected chi connectivity index (χ0v) is 22.8. The number of fused-ring (bicyclic) bond motifs is 2. The zero-order valence-electron chi connectivity index (χ0n) is 22.8. The van der Waals surface area contributed by atoms with E-state index in [1.807, 2.05) is 0 Å². The first-order valence-electron chi connectivity index (χ1n) is 12.9. The molecule has 230 valence electrons. The van der Waals surface area contributed by atoms with Gasteiger partial charge in [0.05, 0.1) is 39.9 Å². The van der Waals surface area contributed by atoms with Crippen LogP contribution in [-0.4, -0.2) is 120 Å². The monoisotopic (exact) mass is 596 g/mol. The number of para-hydroxylation sites is 1. The van der Waals surface area contributed by atoms with E-state index in [2.05, 4.69) is 0 Å². The van der Waals surface area contributed by atoms with Gasteiger partial charge in [0.1, 0.15) is 53.7 Å². The Balaban J connectivity index is 1.50. The van der Waals surface area contributed by atoms with Crippen LogP contribution in [0.4, 0.5) is 0 Å². The number of ether oxygens (including phenoxy) is 7. The third-order valence-corrected chi connectivity index (χ3v) is 7.25. The first kappa shape index (κ1) is 30.2. The molecule has 2 unspecified atom stereocenters. The second-order valence-electron chi connectivity index (χ2n) is 9.80. The predicted octanol–water partition coefficient (Wildman–Crippen LogP) is -1.39. The molecule has 6 N–H and O–H groups in total. The molecule has 2 fully saturated rings. The number of aliphatic hydroxyl groups excluding tert-OH is 6. The van der Waals surface area contributed by atoms with Gasteiger partial charge in [0.15, 0.2) is 29.1 Å². The van der Waals surface area contributed by atoms with Crippen LogP contribution in [0.1, 0.15) is 0 Å². The molecule has 2 aromatic carbocycles. The molecule has 2 aliphatic rings. The Morgan fingerprint density at radius 2 is 1.55 bits per heavy atom. The number of benzene rings is 2. The highest BCUT2D eigenvalue weighted by Crippen LogP contribution is 2.45. The number of hydrogen-bond donors (Lipinski definition) is 6. The van der Waals surface area contributed by atoms with Crippen molar-refractivity contribution in [3.63, 3.8) is 0 Å². The van der Waals surface area contributed by atoms with Crippen LogP contribution in [0.5, 0.6) is 23.0 Å². The van der Waals surface area contributed by atoms with Crippen molar-refractivity contribution in [2.24, 2.45) is 0 Å². The molecule has 0 saturated carbocycles. The average molecular weight is 597 g/mol. The van der Waals surface area contributed by atoms with Crippen molar-refractivity contribution in [3.05, 3.63) is 34.5 Å². The second kappa shape index (κ2) is 12.2. The normalized spacial score (nSPS) is 31.7. The van der Waals surface area contributed by atoms with Crippen LogP contribution in [0, 0.1) is 0 Å². The number of hydrogen-bond acceptors (Lipinski definition) is 15. The van der Waals surface area contributed by atoms with Crippen LogP contribution >= 0.6 is 0 Å². The van der Waals surface area contributed by atoms with E-state index in [9.17, 15) is 35.4 Å². The summed E-state index contributed by atoms with van der Waals surface area (Å²) < 4.78 is 44.6. The first-order chi connectivity index (χ1) is 20.1. The van der Waals surface area contributed by atoms with Crippen molar-refractivity contribution in [1.29, 1.82) is 0 Å². The summed E-state index contributed by atoms with van der Waals surface area (Å²) in [7, 11) is 4.08. The Kier molecular flexibility index (Phi) is 8.75. The summed E-state index contributed by atoms with van der Waals surface area (Å²) in [5, 5.41) is 61.7. The molecule has 3 aromatic rings. The van der Waals surface area contributed by atoms with Gasteiger partial charge in [-0.05, 0) is 12.1 Å². The van der Waals surface area contributed by atoms with Crippen LogP contribution in [0.15, 0.2) is 33.5 Å². The Labute approximate surface area is 237 Å². The summed E-state index contributed by atoms with van der Waals surface area (Å²) >= 11 is 0. The molecule has 0 radical (unpaired) electrons. The number of methoxy groups -OCH3 is 3. The molecule has 1 aromatic heterocycles. The minimum atomic E-state index is -1.82. The van der Waals surface area contributed by atoms with Crippen molar-refractivity contribution in [2.75, 3.05) is 34.5 Å². The summed E-state index contributed by atoms with van der Waals surface area (Å²) in [6.07, 6.45) is -14.2. The minimum Gasteiger partial charge on any atom is -0.493 e. The topological polar surface area (TPSA) is 216 Å². The first-order valence-corrected chi connectivity index (χ1v) is 12.9. The lowest BCUT2D eigenvalue weighted by molar-refractivity contribution is -0.307. The SMILES string of the molecule is COc1cc2oc3c(OC)cccc3c(=O)c2c(OC2O[C@H](COC3OC[C@@H](O)[C@H](O)[C@H]3O)[C@@H](O)[C@H](O)[C@H]2O)c1OC. The van der Waals surface area contributed by atoms with E-state index in [1.165, 1.54) is 33.5 Å². The van der Waals surface area contributed by atoms with Crippen molar-refractivity contribution in [2.45, 2.75) is 55.3 Å². The molecule has 0 aliphatic carbocycles. The van der Waals surface area contributed by atoms with Crippen molar-refractivity contribution in [1.82, 2.24) is 0 Å². The standard InChI is InChI=1S/C27H32O15/c1-35-12-6-4-5-10-17(29)16-13(40-23(10)12)7-14(36-2)24(37-3)25(16)42-27-22(34)20(32)19(31)15(41-27)9-39-26-21(33)18(30)11(28)8-38-26/h4-7,11,15,18-22,26-28,30-34H,8-9H2,1-3H3/t11-,15-,18+,19-,20+,21-,22-,26?,27?/m1/s1. The van der Waals surface area contributed by atoms with E-state index >= 15 is 0 Å². The Morgan fingerprint density at radius 3 is 2.24 bits per heavy atom. The van der Waals surface area contributed by atoms with Crippen molar-refractivity contribution < 1.29 is 68.2 Å². The van der Waals surface area contributed by atoms with Gasteiger partial charge in [0.2, 0.25) is 17.5 Å². The quantitative estimate of drug-likeness (QED) is 0.165. The Hall–Kier alpha value is -3.25. The number of rotatable bonds is 8. The van der Waals surface area contributed by atoms with Gasteiger partial charge in [-0.25, -0.2) is 0 Å². The maximum absolute atomic E-state index is 13.7. The minimum absolute atomic E-state index is 0.0274. The van der Waals surface area contributed by atoms with Crippen LogP contribution in [0.25, 0.3) is 21.9 Å². The average Bonchev–Trinajstić information content (AvgIpc) is 2.99. The van der Waals surface area contributed by atoms with E-state index in [0.717, 1.165) is 0 Å². The van der Waals surface area contributed by atoms with E-state index in [1.54, 1.807) is 12.1 Å². The molecule has 0 spiro atoms. The molecule has 5 rings (SSSR count). The van der Waals surface area contributed by atoms with E-state index in [0.29, 0.717) is 5.75 Å². The third-order valence-electron chi connectivity index (χ3n) is 7.25. The van der Waals surface area contributed by atoms with Crippen LogP contribution in [0.2, 0.25) is 0 Å². The smallest absolute Gasteiger partial charge is 0.229 e. The molecule has 3 heterocycles. The van der Waals surface area contributed by atoms with Gasteiger partial charge < -0.3 is 68.2 Å². The maximum atomic E-state index is 13.7. The predicted molar refractivity (Wildman–Crippen MR) is 141 cm³/mol. The fourth-order valence-corrected chi connectivity index (χ4v) is 4.94. The van der Waals surface area contributed by atoms with Gasteiger partial charge in [0.25, 0.3) is 0 Å². The number of aliphatic hydroxyl groups is 6. The van der Waals surface area contributed by atoms with Gasteiger partial charge in [0, 0.05) is 6.07 Å². The molecule has 0 amide bonds. The highest BCUT2D eigenvalue weighted by molar-refractivity contribution is 5.97. The molecule has 0 bridgehead atoms. The molecular formula is C27H32O15. The van der Waals surface area contributed by atoms with E-state index in [-0.39, 0.29) is 45.8 Å². The fraction of sp³-hybridized carbons (Fsp3) is 0.519. The molecule has 2 aliphatic heterocycles. The van der Waals surface area contributed by atoms with Gasteiger partial charge in [-0.3, -0.25) is 4.79 Å². The molecule has 15 nitrogen and oxygen atoms in total. The Bertz CT molecular complexity index is 1470. The molecule has 15 heteroatoms. The van der Waals surface area contributed by atoms with Crippen LogP contribution < -0.4 is 24.4 Å². The highest BCUT2D eigenvalue weighted by atomic mass is 16.7. The zero-order chi connectivity index (χ0) is 30.3. The van der Waals surface area contributed by atoms with Gasteiger partial charge >= 0.3 is 0 Å². The molecule has 2 saturated heterocycles. The lowest BCUT2D eigenvalue weighted by atomic mass is 9.99. The summed E-state index contributed by atoms with van der Waals surface area (Å²) in [5.74, 6) is 0.131. The Morgan fingerprint density at radius 1 is 0.833 bits per heavy atom. The van der Waals surface area contributed by atoms with Gasteiger partial charge in [-0.1, -0.05) is 6.07 Å². The lowest BCUT2D eigenvalue weighted by Gasteiger charge is -2.41. The second-order valence-corrected chi connectivity index (χ2v) is 9.80. The molecular weight excluding hydrogens is 564 g/mol. The molecule has 9 atom stereocenters. The molecule has 42 heavy (non-hydrogen) atoms. The van der Waals surface area contributed by atoms with E-state index < -0.39 is 67.3 Å². The summed E-state index contributed by atoms with van der Waals surface area (Å²) in [4.78, 5) is 13.7. The van der Waals surface area contributed by atoms with Crippen molar-refractivity contribution >= 4 is 21.9 Å². The highest BCUT2D eigenvalue weighted by Gasteiger charge is 2.47. The summed E-state index contributed by atoms with van der Waals surface area (Å²) in [6, 6.07) is 6.17. The summed E-state index contributed by atoms with van der Waals surface area (Å²) in [6.45, 7) is -0.826. The van der Waals surface area contributed by atoms with Crippen molar-refractivity contribution in [3.8, 4) is 23.0 Å². The van der Waals surface area contributed by atoms with Crippen LogP contribution in [-0.2, 0) is 14.2 Å². The fourth-order valence-electron chi connectivity index (χ4n) is 4.94. The van der Waals surface area contributed by atoms with Gasteiger partial charge in [-0.2, -0.15) is 0 Å². The van der Waals surface area contributed by atoms with E-state index in [4.69, 9.17) is 37.6 Å². The maximum Gasteiger partial charge on any atom is 0.229 e. The van der Waals surface area contributed by atoms with Crippen LogP contribution in [0.3, 0.4) is 0 Å². The summed E-state index contributed by atoms with van der Waals surface area (Å²) in [5.41, 5.74) is -0.333. The largest absolute Gasteiger partial charge is 0.493 e.